The van der Waals surface area contributed by atoms with Crippen LogP contribution in [0.25, 0.3) is 0 Å². The van der Waals surface area contributed by atoms with E-state index >= 15 is 0 Å². The molecule has 0 saturated carbocycles. The first kappa shape index (κ1) is 13.6. The van der Waals surface area contributed by atoms with Crippen molar-refractivity contribution < 1.29 is 19.0 Å². The maximum atomic E-state index is 13.7. The van der Waals surface area contributed by atoms with E-state index in [1.54, 1.807) is 30.3 Å². The quantitative estimate of drug-likeness (QED) is 0.894. The molecule has 0 spiro atoms. The molecule has 0 aliphatic heterocycles. The van der Waals surface area contributed by atoms with E-state index in [4.69, 9.17) is 0 Å². The lowest BCUT2D eigenvalue weighted by atomic mass is 9.97. The molecule has 0 aliphatic carbocycles. The molecule has 0 amide bonds. The summed E-state index contributed by atoms with van der Waals surface area (Å²) in [6, 6.07) is 11.0. The number of rotatable bonds is 3. The molecule has 0 aliphatic rings. The molecule has 2 nitrogen and oxygen atoms in total. The van der Waals surface area contributed by atoms with Gasteiger partial charge in [-0.2, -0.15) is 0 Å². The number of aliphatic hydroxyl groups is 2. The van der Waals surface area contributed by atoms with E-state index in [9.17, 15) is 19.0 Å². The lowest BCUT2D eigenvalue weighted by Crippen LogP contribution is -2.13. The number of aliphatic hydroxyl groups excluding tert-OH is 2. The van der Waals surface area contributed by atoms with Gasteiger partial charge in [0.1, 0.15) is 12.2 Å². The zero-order valence-electron chi connectivity index (χ0n) is 10.3. The first-order valence-electron chi connectivity index (χ1n) is 5.88. The highest BCUT2D eigenvalue weighted by Crippen LogP contribution is 2.31. The maximum Gasteiger partial charge on any atom is 0.164 e. The number of halogens is 2. The zero-order chi connectivity index (χ0) is 14.0. The molecule has 2 aromatic carbocycles. The Morgan fingerprint density at radius 3 is 2.11 bits per heavy atom. The molecule has 4 heteroatoms. The third-order valence-electron chi connectivity index (χ3n) is 3.06. The summed E-state index contributed by atoms with van der Waals surface area (Å²) in [5.74, 6) is -2.13. The summed E-state index contributed by atoms with van der Waals surface area (Å²) in [7, 11) is 0. The van der Waals surface area contributed by atoms with Crippen LogP contribution in [0.15, 0.2) is 42.5 Å². The number of aryl methyl sites for hydroxylation is 1. The van der Waals surface area contributed by atoms with Crippen LogP contribution in [0.2, 0.25) is 0 Å². The summed E-state index contributed by atoms with van der Waals surface area (Å²) < 4.78 is 27.2. The highest BCUT2D eigenvalue weighted by atomic mass is 19.2. The van der Waals surface area contributed by atoms with Gasteiger partial charge in [0.05, 0.1) is 0 Å². The Hall–Kier alpha value is -1.78. The van der Waals surface area contributed by atoms with Crippen LogP contribution in [0.3, 0.4) is 0 Å². The smallest absolute Gasteiger partial charge is 0.164 e. The maximum absolute atomic E-state index is 13.7. The van der Waals surface area contributed by atoms with Gasteiger partial charge in [-0.1, -0.05) is 42.5 Å². The molecule has 19 heavy (non-hydrogen) atoms. The van der Waals surface area contributed by atoms with Crippen LogP contribution in [0, 0.1) is 18.6 Å². The summed E-state index contributed by atoms with van der Waals surface area (Å²) >= 11 is 0. The van der Waals surface area contributed by atoms with Crippen molar-refractivity contribution in [1.82, 2.24) is 0 Å². The second kappa shape index (κ2) is 5.47. The van der Waals surface area contributed by atoms with Crippen LogP contribution < -0.4 is 0 Å². The topological polar surface area (TPSA) is 40.5 Å². The Morgan fingerprint density at radius 1 is 0.842 bits per heavy atom. The average molecular weight is 264 g/mol. The fourth-order valence-electron chi connectivity index (χ4n) is 1.89. The second-order valence-electron chi connectivity index (χ2n) is 4.40. The Bertz CT molecular complexity index is 570. The molecule has 2 rings (SSSR count). The van der Waals surface area contributed by atoms with Crippen LogP contribution in [-0.4, -0.2) is 10.2 Å². The first-order valence-corrected chi connectivity index (χ1v) is 5.88. The molecular formula is C15H14F2O2. The summed E-state index contributed by atoms with van der Waals surface area (Å²) in [6.45, 7) is 1.43. The standard InChI is InChI=1S/C15H14F2O2/c1-9-7-8-11(13(17)12(9)16)15(19)14(18)10-5-3-2-4-6-10/h2-8,14-15,18-19H,1H3. The van der Waals surface area contributed by atoms with Gasteiger partial charge in [-0.05, 0) is 18.1 Å². The van der Waals surface area contributed by atoms with Gasteiger partial charge < -0.3 is 10.2 Å². The van der Waals surface area contributed by atoms with Gasteiger partial charge in [-0.3, -0.25) is 0 Å². The Morgan fingerprint density at radius 2 is 1.47 bits per heavy atom. The fourth-order valence-corrected chi connectivity index (χ4v) is 1.89. The Kier molecular flexibility index (Phi) is 3.93. The van der Waals surface area contributed by atoms with E-state index in [1.807, 2.05) is 0 Å². The molecule has 100 valence electrons. The van der Waals surface area contributed by atoms with E-state index in [0.717, 1.165) is 0 Å². The Labute approximate surface area is 110 Å². The molecule has 0 aromatic heterocycles. The van der Waals surface area contributed by atoms with Crippen LogP contribution in [0.1, 0.15) is 28.9 Å². The molecule has 0 heterocycles. The summed E-state index contributed by atoms with van der Waals surface area (Å²) in [5, 5.41) is 20.0. The van der Waals surface area contributed by atoms with Crippen molar-refractivity contribution >= 4 is 0 Å². The first-order chi connectivity index (χ1) is 9.02. The van der Waals surface area contributed by atoms with Gasteiger partial charge in [0, 0.05) is 5.56 Å². The van der Waals surface area contributed by atoms with Crippen LogP contribution >= 0.6 is 0 Å². The summed E-state index contributed by atoms with van der Waals surface area (Å²) in [4.78, 5) is 0. The monoisotopic (exact) mass is 264 g/mol. The largest absolute Gasteiger partial charge is 0.385 e. The van der Waals surface area contributed by atoms with Crippen molar-refractivity contribution in [2.45, 2.75) is 19.1 Å². The lowest BCUT2D eigenvalue weighted by Gasteiger charge is -2.19. The minimum atomic E-state index is -1.52. The number of hydrogen-bond acceptors (Lipinski definition) is 2. The Balaban J connectivity index is 2.35. The van der Waals surface area contributed by atoms with Crippen molar-refractivity contribution in [1.29, 1.82) is 0 Å². The van der Waals surface area contributed by atoms with Gasteiger partial charge in [0.2, 0.25) is 0 Å². The average Bonchev–Trinajstić information content (AvgIpc) is 2.44. The summed E-state index contributed by atoms with van der Waals surface area (Å²) in [5.41, 5.74) is 0.345. The van der Waals surface area contributed by atoms with E-state index in [1.165, 1.54) is 19.1 Å². The minimum Gasteiger partial charge on any atom is -0.385 e. The van der Waals surface area contributed by atoms with Crippen LogP contribution in [0.4, 0.5) is 8.78 Å². The molecule has 2 N–H and O–H groups in total. The predicted octanol–water partition coefficient (Wildman–Crippen LogP) is 3.04. The molecular weight excluding hydrogens is 250 g/mol. The number of benzene rings is 2. The van der Waals surface area contributed by atoms with Gasteiger partial charge in [0.15, 0.2) is 11.6 Å². The highest BCUT2D eigenvalue weighted by molar-refractivity contribution is 5.29. The van der Waals surface area contributed by atoms with Crippen molar-refractivity contribution in [2.24, 2.45) is 0 Å². The fraction of sp³-hybridized carbons (Fsp3) is 0.200. The van der Waals surface area contributed by atoms with E-state index in [-0.39, 0.29) is 11.1 Å². The molecule has 0 saturated heterocycles. The molecule has 2 aromatic rings. The lowest BCUT2D eigenvalue weighted by molar-refractivity contribution is 0.0147. The van der Waals surface area contributed by atoms with Crippen molar-refractivity contribution in [3.63, 3.8) is 0 Å². The second-order valence-corrected chi connectivity index (χ2v) is 4.40. The predicted molar refractivity (Wildman–Crippen MR) is 67.5 cm³/mol. The van der Waals surface area contributed by atoms with Crippen LogP contribution in [0.5, 0.6) is 0 Å². The third-order valence-corrected chi connectivity index (χ3v) is 3.06. The number of hydrogen-bond donors (Lipinski definition) is 2. The van der Waals surface area contributed by atoms with Crippen molar-refractivity contribution in [3.8, 4) is 0 Å². The van der Waals surface area contributed by atoms with E-state index in [0.29, 0.717) is 5.56 Å². The van der Waals surface area contributed by atoms with Gasteiger partial charge in [-0.15, -0.1) is 0 Å². The van der Waals surface area contributed by atoms with E-state index in [2.05, 4.69) is 0 Å². The van der Waals surface area contributed by atoms with Crippen molar-refractivity contribution in [3.05, 3.63) is 70.8 Å². The van der Waals surface area contributed by atoms with E-state index < -0.39 is 23.8 Å². The van der Waals surface area contributed by atoms with Gasteiger partial charge >= 0.3 is 0 Å². The highest BCUT2D eigenvalue weighted by Gasteiger charge is 2.25. The molecule has 0 radical (unpaired) electrons. The van der Waals surface area contributed by atoms with Gasteiger partial charge in [0.25, 0.3) is 0 Å². The molecule has 2 unspecified atom stereocenters. The zero-order valence-corrected chi connectivity index (χ0v) is 10.3. The molecule has 0 fully saturated rings. The molecule has 0 bridgehead atoms. The molecule has 2 atom stereocenters. The normalized spacial score (nSPS) is 14.2. The van der Waals surface area contributed by atoms with Gasteiger partial charge in [-0.25, -0.2) is 8.78 Å². The third kappa shape index (κ3) is 2.64. The minimum absolute atomic E-state index is 0.155. The van der Waals surface area contributed by atoms with Crippen molar-refractivity contribution in [2.75, 3.05) is 0 Å². The summed E-state index contributed by atoms with van der Waals surface area (Å²) in [6.07, 6.45) is -2.82. The SMILES string of the molecule is Cc1ccc(C(O)C(O)c2ccccc2)c(F)c1F. The van der Waals surface area contributed by atoms with Crippen LogP contribution in [-0.2, 0) is 0 Å².